The summed E-state index contributed by atoms with van der Waals surface area (Å²) in [6, 6.07) is 0.667. The van der Waals surface area contributed by atoms with Gasteiger partial charge in [0, 0.05) is 12.0 Å². The van der Waals surface area contributed by atoms with Crippen molar-refractivity contribution in [2.75, 3.05) is 5.73 Å². The van der Waals surface area contributed by atoms with Gasteiger partial charge in [-0.1, -0.05) is 0 Å². The smallest absolute Gasteiger partial charge is 0.127 e. The van der Waals surface area contributed by atoms with Crippen molar-refractivity contribution in [3.8, 4) is 0 Å². The summed E-state index contributed by atoms with van der Waals surface area (Å²) in [6.07, 6.45) is 5.13. The molecular weight excluding hydrogens is 162 g/mol. The molecule has 2 N–H and O–H groups in total. The Kier molecular flexibility index (Phi) is 1.30. The van der Waals surface area contributed by atoms with Crippen molar-refractivity contribution in [3.05, 3.63) is 11.5 Å². The summed E-state index contributed by atoms with van der Waals surface area (Å²) in [6.45, 7) is 2.07. The Morgan fingerprint density at radius 3 is 2.54 bits per heavy atom. The highest BCUT2D eigenvalue weighted by Crippen LogP contribution is 2.45. The Labute approximate surface area is 78.0 Å². The summed E-state index contributed by atoms with van der Waals surface area (Å²) in [5, 5.41) is 0. The number of hydrogen-bond acceptors (Lipinski definition) is 2. The first-order chi connectivity index (χ1) is 6.27. The molecule has 3 heteroatoms. The predicted molar refractivity (Wildman–Crippen MR) is 51.6 cm³/mol. The molecule has 1 heterocycles. The molecule has 0 bridgehead atoms. The van der Waals surface area contributed by atoms with Gasteiger partial charge in [-0.25, -0.2) is 4.98 Å². The maximum absolute atomic E-state index is 6.09. The van der Waals surface area contributed by atoms with Crippen LogP contribution < -0.4 is 5.73 Å². The first-order valence-electron chi connectivity index (χ1n) is 5.11. The summed E-state index contributed by atoms with van der Waals surface area (Å²) in [4.78, 5) is 4.57. The van der Waals surface area contributed by atoms with Crippen molar-refractivity contribution in [1.29, 1.82) is 0 Å². The van der Waals surface area contributed by atoms with E-state index in [1.54, 1.807) is 0 Å². The molecular formula is C10H15N3. The normalized spacial score (nSPS) is 22.2. The van der Waals surface area contributed by atoms with Crippen LogP contribution in [0.2, 0.25) is 0 Å². The molecule has 2 saturated carbocycles. The highest BCUT2D eigenvalue weighted by Gasteiger charge is 2.33. The predicted octanol–water partition coefficient (Wildman–Crippen LogP) is 1.99. The molecule has 1 aromatic rings. The second kappa shape index (κ2) is 2.28. The molecule has 0 spiro atoms. The average Bonchev–Trinajstić information content (AvgIpc) is 2.96. The number of hydrogen-bond donors (Lipinski definition) is 1. The van der Waals surface area contributed by atoms with Gasteiger partial charge in [0.25, 0.3) is 0 Å². The number of nitrogen functional groups attached to an aromatic ring is 1. The van der Waals surface area contributed by atoms with Crippen LogP contribution in [0.5, 0.6) is 0 Å². The topological polar surface area (TPSA) is 43.8 Å². The maximum atomic E-state index is 6.09. The van der Waals surface area contributed by atoms with Gasteiger partial charge < -0.3 is 10.3 Å². The fourth-order valence-corrected chi connectivity index (χ4v) is 2.03. The maximum Gasteiger partial charge on any atom is 0.127 e. The van der Waals surface area contributed by atoms with E-state index in [2.05, 4.69) is 16.5 Å². The zero-order chi connectivity index (χ0) is 9.00. The molecule has 2 aliphatic rings. The van der Waals surface area contributed by atoms with E-state index in [0.717, 1.165) is 11.6 Å². The Morgan fingerprint density at radius 1 is 1.31 bits per heavy atom. The monoisotopic (exact) mass is 177 g/mol. The zero-order valence-corrected chi connectivity index (χ0v) is 7.95. The Hall–Kier alpha value is -0.990. The number of rotatable bonds is 2. The molecule has 3 nitrogen and oxygen atoms in total. The second-order valence-corrected chi connectivity index (χ2v) is 4.30. The van der Waals surface area contributed by atoms with Crippen LogP contribution in [0.4, 0.5) is 5.82 Å². The molecule has 3 rings (SSSR count). The number of nitrogens with two attached hydrogens (primary N) is 1. The van der Waals surface area contributed by atoms with Crippen LogP contribution in [0.25, 0.3) is 0 Å². The summed E-state index contributed by atoms with van der Waals surface area (Å²) < 4.78 is 2.23. The van der Waals surface area contributed by atoms with E-state index >= 15 is 0 Å². The number of nitrogens with zero attached hydrogens (tertiary/aromatic N) is 2. The lowest BCUT2D eigenvalue weighted by molar-refractivity contribution is 0.720. The fourth-order valence-electron chi connectivity index (χ4n) is 2.03. The fraction of sp³-hybridized carbons (Fsp3) is 0.700. The molecule has 0 unspecified atom stereocenters. The lowest BCUT2D eigenvalue weighted by Crippen LogP contribution is -2.02. The third-order valence-electron chi connectivity index (χ3n) is 3.03. The third kappa shape index (κ3) is 1.06. The second-order valence-electron chi connectivity index (χ2n) is 4.30. The minimum Gasteiger partial charge on any atom is -0.384 e. The van der Waals surface area contributed by atoms with Gasteiger partial charge in [-0.05, 0) is 32.6 Å². The van der Waals surface area contributed by atoms with Crippen molar-refractivity contribution in [2.45, 2.75) is 44.6 Å². The minimum absolute atomic E-state index is 0.667. The van der Waals surface area contributed by atoms with Crippen molar-refractivity contribution in [1.82, 2.24) is 9.55 Å². The average molecular weight is 177 g/mol. The van der Waals surface area contributed by atoms with E-state index in [4.69, 9.17) is 5.73 Å². The molecule has 0 aromatic carbocycles. The van der Waals surface area contributed by atoms with E-state index in [9.17, 15) is 0 Å². The SMILES string of the molecule is Cc1nc(C2CC2)c(N)n1C1CC1. The van der Waals surface area contributed by atoms with Gasteiger partial charge in [-0.15, -0.1) is 0 Å². The molecule has 2 aliphatic carbocycles. The Bertz CT molecular complexity index is 345. The van der Waals surface area contributed by atoms with Crippen molar-refractivity contribution < 1.29 is 0 Å². The Morgan fingerprint density at radius 2 is 2.00 bits per heavy atom. The largest absolute Gasteiger partial charge is 0.384 e. The van der Waals surface area contributed by atoms with Crippen molar-refractivity contribution in [2.24, 2.45) is 0 Å². The summed E-state index contributed by atoms with van der Waals surface area (Å²) in [7, 11) is 0. The Balaban J connectivity index is 2.06. The van der Waals surface area contributed by atoms with Gasteiger partial charge in [0.05, 0.1) is 5.69 Å². The minimum atomic E-state index is 0.667. The standard InChI is InChI=1S/C10H15N3/c1-6-12-9(7-2-3-7)10(11)13(6)8-4-5-8/h7-8H,2-5,11H2,1H3. The highest BCUT2D eigenvalue weighted by molar-refractivity contribution is 5.43. The third-order valence-corrected chi connectivity index (χ3v) is 3.03. The number of anilines is 1. The van der Waals surface area contributed by atoms with Gasteiger partial charge in [0.1, 0.15) is 11.6 Å². The molecule has 1 aromatic heterocycles. The van der Waals surface area contributed by atoms with E-state index in [1.807, 2.05) is 0 Å². The van der Waals surface area contributed by atoms with Crippen molar-refractivity contribution in [3.63, 3.8) is 0 Å². The first-order valence-corrected chi connectivity index (χ1v) is 5.11. The lowest BCUT2D eigenvalue weighted by atomic mass is 10.3. The van der Waals surface area contributed by atoms with E-state index < -0.39 is 0 Å². The molecule has 0 atom stereocenters. The van der Waals surface area contributed by atoms with Crippen LogP contribution in [-0.4, -0.2) is 9.55 Å². The van der Waals surface area contributed by atoms with Crippen LogP contribution in [0.1, 0.15) is 49.2 Å². The van der Waals surface area contributed by atoms with Crippen LogP contribution in [-0.2, 0) is 0 Å². The number of aromatic nitrogens is 2. The van der Waals surface area contributed by atoms with Gasteiger partial charge >= 0.3 is 0 Å². The first kappa shape index (κ1) is 7.42. The number of imidazole rings is 1. The number of aryl methyl sites for hydroxylation is 1. The van der Waals surface area contributed by atoms with Crippen LogP contribution >= 0.6 is 0 Å². The van der Waals surface area contributed by atoms with Gasteiger partial charge in [0.2, 0.25) is 0 Å². The zero-order valence-electron chi connectivity index (χ0n) is 7.95. The highest BCUT2D eigenvalue weighted by atomic mass is 15.2. The molecule has 2 fully saturated rings. The van der Waals surface area contributed by atoms with E-state index in [1.165, 1.54) is 31.4 Å². The molecule has 0 aliphatic heterocycles. The lowest BCUT2D eigenvalue weighted by Gasteiger charge is -2.04. The molecule has 70 valence electrons. The molecule has 0 radical (unpaired) electrons. The van der Waals surface area contributed by atoms with E-state index in [-0.39, 0.29) is 0 Å². The summed E-state index contributed by atoms with van der Waals surface area (Å²) >= 11 is 0. The van der Waals surface area contributed by atoms with E-state index in [0.29, 0.717) is 12.0 Å². The van der Waals surface area contributed by atoms with Crippen LogP contribution in [0.3, 0.4) is 0 Å². The van der Waals surface area contributed by atoms with Gasteiger partial charge in [-0.2, -0.15) is 0 Å². The van der Waals surface area contributed by atoms with Gasteiger partial charge in [0.15, 0.2) is 0 Å². The summed E-state index contributed by atoms with van der Waals surface area (Å²) in [5.41, 5.74) is 7.26. The quantitative estimate of drug-likeness (QED) is 0.750. The molecule has 0 saturated heterocycles. The van der Waals surface area contributed by atoms with Crippen LogP contribution in [0.15, 0.2) is 0 Å². The summed E-state index contributed by atoms with van der Waals surface area (Å²) in [5.74, 6) is 2.74. The van der Waals surface area contributed by atoms with Crippen molar-refractivity contribution >= 4 is 5.82 Å². The van der Waals surface area contributed by atoms with Crippen LogP contribution in [0, 0.1) is 6.92 Å². The molecule has 13 heavy (non-hydrogen) atoms. The molecule has 0 amide bonds. The van der Waals surface area contributed by atoms with Gasteiger partial charge in [-0.3, -0.25) is 0 Å².